The third kappa shape index (κ3) is 6.22. The third-order valence-electron chi connectivity index (χ3n) is 4.41. The van der Waals surface area contributed by atoms with Gasteiger partial charge in [-0.2, -0.15) is 0 Å². The van der Waals surface area contributed by atoms with E-state index in [0.29, 0.717) is 29.2 Å². The summed E-state index contributed by atoms with van der Waals surface area (Å²) in [6, 6.07) is 19.8. The van der Waals surface area contributed by atoms with Gasteiger partial charge < -0.3 is 19.9 Å². The molecule has 0 aliphatic rings. The van der Waals surface area contributed by atoms with Crippen LogP contribution in [-0.2, 0) is 11.4 Å². The normalized spacial score (nSPS) is 11.0. The number of halogens is 2. The molecule has 164 valence electrons. The van der Waals surface area contributed by atoms with Crippen LogP contribution in [0.3, 0.4) is 0 Å². The quantitative estimate of drug-likeness (QED) is 0.253. The van der Waals surface area contributed by atoms with Crippen molar-refractivity contribution >= 4 is 63.1 Å². The fraction of sp³-hybridized carbons (Fsp3) is 0.0833. The minimum absolute atomic E-state index is 0.246. The maximum absolute atomic E-state index is 12.4. The lowest BCUT2D eigenvalue weighted by Gasteiger charge is -2.15. The van der Waals surface area contributed by atoms with Gasteiger partial charge in [0, 0.05) is 14.7 Å². The van der Waals surface area contributed by atoms with E-state index in [4.69, 9.17) is 9.47 Å². The lowest BCUT2D eigenvalue weighted by molar-refractivity contribution is -0.132. The van der Waals surface area contributed by atoms with E-state index in [1.807, 2.05) is 24.3 Å². The predicted octanol–water partition coefficient (Wildman–Crippen LogP) is 5.34. The number of benzene rings is 3. The van der Waals surface area contributed by atoms with E-state index in [0.717, 1.165) is 12.7 Å². The summed E-state index contributed by atoms with van der Waals surface area (Å²) in [5.41, 5.74) is 1.72. The summed E-state index contributed by atoms with van der Waals surface area (Å²) in [6.07, 6.45) is 1.39. The summed E-state index contributed by atoms with van der Waals surface area (Å²) in [6.45, 7) is 0.369. The highest BCUT2D eigenvalue weighted by atomic mass is 127. The van der Waals surface area contributed by atoms with Crippen LogP contribution in [0, 0.1) is 7.14 Å². The molecule has 0 aromatic heterocycles. The van der Waals surface area contributed by atoms with E-state index in [1.165, 1.54) is 13.2 Å². The van der Waals surface area contributed by atoms with Crippen LogP contribution in [0.2, 0.25) is 0 Å². The molecule has 1 amide bonds. The number of aliphatic carboxylic acids is 1. The van der Waals surface area contributed by atoms with Gasteiger partial charge in [0.15, 0.2) is 11.5 Å². The van der Waals surface area contributed by atoms with Crippen LogP contribution < -0.4 is 14.8 Å². The Morgan fingerprint density at radius 3 is 2.34 bits per heavy atom. The molecule has 2 N–H and O–H groups in total. The number of carboxylic acids is 1. The molecule has 0 aliphatic heterocycles. The van der Waals surface area contributed by atoms with Crippen molar-refractivity contribution in [3.05, 3.63) is 96.3 Å². The molecule has 0 saturated heterocycles. The van der Waals surface area contributed by atoms with Gasteiger partial charge >= 0.3 is 5.97 Å². The Kier molecular flexibility index (Phi) is 8.51. The lowest BCUT2D eigenvalue weighted by atomic mass is 10.1. The fourth-order valence-electron chi connectivity index (χ4n) is 2.83. The summed E-state index contributed by atoms with van der Waals surface area (Å²) in [5, 5.41) is 12.0. The van der Waals surface area contributed by atoms with Gasteiger partial charge in [0.2, 0.25) is 0 Å². The van der Waals surface area contributed by atoms with Crippen LogP contribution >= 0.6 is 45.2 Å². The Morgan fingerprint density at radius 2 is 1.69 bits per heavy atom. The molecule has 0 fully saturated rings. The Labute approximate surface area is 212 Å². The predicted molar refractivity (Wildman–Crippen MR) is 139 cm³/mol. The van der Waals surface area contributed by atoms with Crippen LogP contribution in [0.5, 0.6) is 11.5 Å². The van der Waals surface area contributed by atoms with Crippen LogP contribution in [0.25, 0.3) is 6.08 Å². The van der Waals surface area contributed by atoms with E-state index in [2.05, 4.69) is 50.5 Å². The molecular formula is C24H19I2NO5. The summed E-state index contributed by atoms with van der Waals surface area (Å²) < 4.78 is 13.3. The molecule has 0 unspecified atom stereocenters. The molecule has 0 heterocycles. The maximum Gasteiger partial charge on any atom is 0.352 e. The van der Waals surface area contributed by atoms with Crippen molar-refractivity contribution in [2.45, 2.75) is 6.61 Å². The SMILES string of the molecule is COc1cc(/C=C(/NC(=O)c2ccccc2)C(=O)O)cc(I)c1OCc1ccccc1I. The van der Waals surface area contributed by atoms with Crippen molar-refractivity contribution < 1.29 is 24.2 Å². The number of hydrogen-bond acceptors (Lipinski definition) is 4. The van der Waals surface area contributed by atoms with Crippen molar-refractivity contribution in [2.24, 2.45) is 0 Å². The Bertz CT molecular complexity index is 1160. The Balaban J connectivity index is 1.85. The van der Waals surface area contributed by atoms with Gasteiger partial charge in [-0.3, -0.25) is 4.79 Å². The number of nitrogens with one attached hydrogen (secondary N) is 1. The molecule has 3 aromatic rings. The number of rotatable bonds is 8. The fourth-order valence-corrected chi connectivity index (χ4v) is 4.15. The summed E-state index contributed by atoms with van der Waals surface area (Å²) in [5.74, 6) is -0.719. The Morgan fingerprint density at radius 1 is 1.00 bits per heavy atom. The second-order valence-corrected chi connectivity index (χ2v) is 8.92. The summed E-state index contributed by atoms with van der Waals surface area (Å²) in [4.78, 5) is 24.1. The monoisotopic (exact) mass is 655 g/mol. The molecule has 3 rings (SSSR count). The number of ether oxygens (including phenoxy) is 2. The standard InChI is InChI=1S/C24H19I2NO5/c1-31-21-13-15(11-19(26)22(21)32-14-17-9-5-6-10-18(17)25)12-20(24(29)30)27-23(28)16-7-3-2-4-8-16/h2-13H,14H2,1H3,(H,27,28)(H,29,30)/b20-12+. The average Bonchev–Trinajstić information content (AvgIpc) is 2.79. The molecule has 0 saturated carbocycles. The zero-order valence-electron chi connectivity index (χ0n) is 17.0. The van der Waals surface area contributed by atoms with Crippen LogP contribution in [0.15, 0.2) is 72.4 Å². The lowest BCUT2D eigenvalue weighted by Crippen LogP contribution is -2.27. The van der Waals surface area contributed by atoms with E-state index >= 15 is 0 Å². The first kappa shape index (κ1) is 24.1. The minimum Gasteiger partial charge on any atom is -0.493 e. The molecule has 8 heteroatoms. The van der Waals surface area contributed by atoms with E-state index < -0.39 is 11.9 Å². The topological polar surface area (TPSA) is 84.9 Å². The van der Waals surface area contributed by atoms with Gasteiger partial charge in [0.05, 0.1) is 10.7 Å². The zero-order valence-corrected chi connectivity index (χ0v) is 21.3. The van der Waals surface area contributed by atoms with Crippen molar-refractivity contribution in [1.29, 1.82) is 0 Å². The maximum atomic E-state index is 12.4. The van der Waals surface area contributed by atoms with Gasteiger partial charge in [-0.1, -0.05) is 36.4 Å². The number of amides is 1. The third-order valence-corrected chi connectivity index (χ3v) is 6.26. The van der Waals surface area contributed by atoms with Gasteiger partial charge in [0.25, 0.3) is 5.91 Å². The Hall–Kier alpha value is -2.60. The molecule has 32 heavy (non-hydrogen) atoms. The highest BCUT2D eigenvalue weighted by Gasteiger charge is 2.16. The highest BCUT2D eigenvalue weighted by molar-refractivity contribution is 14.1. The largest absolute Gasteiger partial charge is 0.493 e. The average molecular weight is 655 g/mol. The van der Waals surface area contributed by atoms with Gasteiger partial charge in [-0.05, 0) is 87.2 Å². The first-order valence-electron chi connectivity index (χ1n) is 9.44. The molecule has 0 aliphatic carbocycles. The highest BCUT2D eigenvalue weighted by Crippen LogP contribution is 2.35. The van der Waals surface area contributed by atoms with Gasteiger partial charge in [-0.15, -0.1) is 0 Å². The minimum atomic E-state index is -1.25. The second-order valence-electron chi connectivity index (χ2n) is 6.60. The molecule has 3 aromatic carbocycles. The number of hydrogen-bond donors (Lipinski definition) is 2. The molecule has 0 spiro atoms. The van der Waals surface area contributed by atoms with Crippen LogP contribution in [-0.4, -0.2) is 24.1 Å². The number of carbonyl (C=O) groups excluding carboxylic acids is 1. The van der Waals surface area contributed by atoms with E-state index in [-0.39, 0.29) is 5.70 Å². The first-order chi connectivity index (χ1) is 15.4. The second kappa shape index (κ2) is 11.3. The van der Waals surface area contributed by atoms with Crippen molar-refractivity contribution in [1.82, 2.24) is 5.32 Å². The summed E-state index contributed by atoms with van der Waals surface area (Å²) in [7, 11) is 1.52. The number of methoxy groups -OCH3 is 1. The number of carbonyl (C=O) groups is 2. The zero-order chi connectivity index (χ0) is 23.1. The first-order valence-corrected chi connectivity index (χ1v) is 11.6. The molecule has 6 nitrogen and oxygen atoms in total. The van der Waals surface area contributed by atoms with E-state index in [1.54, 1.807) is 42.5 Å². The van der Waals surface area contributed by atoms with Crippen molar-refractivity contribution in [2.75, 3.05) is 7.11 Å². The van der Waals surface area contributed by atoms with Crippen molar-refractivity contribution in [3.8, 4) is 11.5 Å². The molecule has 0 radical (unpaired) electrons. The molecule has 0 atom stereocenters. The van der Waals surface area contributed by atoms with Crippen molar-refractivity contribution in [3.63, 3.8) is 0 Å². The van der Waals surface area contributed by atoms with Gasteiger partial charge in [-0.25, -0.2) is 4.79 Å². The molecular weight excluding hydrogens is 636 g/mol. The van der Waals surface area contributed by atoms with Crippen LogP contribution in [0.1, 0.15) is 21.5 Å². The number of carboxylic acid groups (broad SMARTS) is 1. The summed E-state index contributed by atoms with van der Waals surface area (Å²) >= 11 is 4.37. The van der Waals surface area contributed by atoms with E-state index in [9.17, 15) is 14.7 Å². The van der Waals surface area contributed by atoms with Gasteiger partial charge in [0.1, 0.15) is 12.3 Å². The van der Waals surface area contributed by atoms with Crippen LogP contribution in [0.4, 0.5) is 0 Å². The smallest absolute Gasteiger partial charge is 0.352 e. The molecule has 0 bridgehead atoms.